The molecule has 1 aliphatic rings. The van der Waals surface area contributed by atoms with Gasteiger partial charge in [-0.15, -0.1) is 0 Å². The Morgan fingerprint density at radius 3 is 2.87 bits per heavy atom. The smallest absolute Gasteiger partial charge is 0.335 e. The van der Waals surface area contributed by atoms with E-state index in [0.717, 1.165) is 31.2 Å². The first-order valence-corrected chi connectivity index (χ1v) is 8.02. The van der Waals surface area contributed by atoms with Gasteiger partial charge in [0.15, 0.2) is 0 Å². The number of hydrogen-bond acceptors (Lipinski definition) is 4. The maximum atomic E-state index is 11.3. The molecule has 1 aliphatic carbocycles. The van der Waals surface area contributed by atoms with Crippen LogP contribution in [0.1, 0.15) is 54.7 Å². The number of carboxylic acid groups (broad SMARTS) is 1. The quantitative estimate of drug-likeness (QED) is 0.792. The van der Waals surface area contributed by atoms with Crippen molar-refractivity contribution in [3.63, 3.8) is 0 Å². The number of ether oxygens (including phenoxy) is 1. The lowest BCUT2D eigenvalue weighted by Crippen LogP contribution is -2.06. The number of rotatable bonds is 7. The summed E-state index contributed by atoms with van der Waals surface area (Å²) in [7, 11) is 0. The zero-order valence-corrected chi connectivity index (χ0v) is 13.5. The molecule has 3 rings (SSSR count). The van der Waals surface area contributed by atoms with E-state index >= 15 is 0 Å². The summed E-state index contributed by atoms with van der Waals surface area (Å²) in [4.78, 5) is 15.7. The van der Waals surface area contributed by atoms with E-state index < -0.39 is 5.97 Å². The summed E-state index contributed by atoms with van der Waals surface area (Å²) < 4.78 is 7.87. The standard InChI is InChI=1S/C17H21N3O3/c1-3-4-7-23-16-14(10-18-20(16)13-5-6-13)15-9-12(17(21)22)8-11(2)19-15/h8-10,13H,3-7H2,1-2H3,(H,21,22). The van der Waals surface area contributed by atoms with Gasteiger partial charge in [0.1, 0.15) is 0 Å². The number of aryl methyl sites for hydroxylation is 1. The molecule has 0 aromatic carbocycles. The number of aromatic nitrogens is 3. The van der Waals surface area contributed by atoms with Crippen molar-refractivity contribution in [2.24, 2.45) is 0 Å². The fraction of sp³-hybridized carbons (Fsp3) is 0.471. The van der Waals surface area contributed by atoms with Crippen LogP contribution in [0.3, 0.4) is 0 Å². The third-order valence-electron chi connectivity index (χ3n) is 3.86. The van der Waals surface area contributed by atoms with Gasteiger partial charge in [0.25, 0.3) is 0 Å². The largest absolute Gasteiger partial charge is 0.478 e. The first-order chi connectivity index (χ1) is 11.1. The number of hydrogen-bond donors (Lipinski definition) is 1. The molecule has 23 heavy (non-hydrogen) atoms. The molecular weight excluding hydrogens is 294 g/mol. The summed E-state index contributed by atoms with van der Waals surface area (Å²) in [5.41, 5.74) is 2.25. The van der Waals surface area contributed by atoms with Crippen molar-refractivity contribution < 1.29 is 14.6 Å². The molecule has 1 N–H and O–H groups in total. The molecule has 6 heteroatoms. The molecule has 0 atom stereocenters. The predicted octanol–water partition coefficient (Wildman–Crippen LogP) is 3.47. The van der Waals surface area contributed by atoms with Crippen LogP contribution >= 0.6 is 0 Å². The van der Waals surface area contributed by atoms with E-state index in [1.807, 2.05) is 4.68 Å². The fourth-order valence-corrected chi connectivity index (χ4v) is 2.49. The lowest BCUT2D eigenvalue weighted by molar-refractivity contribution is 0.0696. The molecule has 0 spiro atoms. The predicted molar refractivity (Wildman–Crippen MR) is 85.8 cm³/mol. The Balaban J connectivity index is 2.00. The highest BCUT2D eigenvalue weighted by molar-refractivity contribution is 5.89. The average Bonchev–Trinajstić information content (AvgIpc) is 3.27. The Kier molecular flexibility index (Phi) is 4.32. The molecule has 0 saturated heterocycles. The van der Waals surface area contributed by atoms with Gasteiger partial charge in [0.2, 0.25) is 5.88 Å². The Labute approximate surface area is 135 Å². The maximum absolute atomic E-state index is 11.3. The second-order valence-corrected chi connectivity index (χ2v) is 5.93. The molecule has 6 nitrogen and oxygen atoms in total. The van der Waals surface area contributed by atoms with E-state index in [1.54, 1.807) is 25.3 Å². The molecule has 2 aromatic heterocycles. The van der Waals surface area contributed by atoms with E-state index in [2.05, 4.69) is 17.0 Å². The molecule has 2 heterocycles. The van der Waals surface area contributed by atoms with E-state index in [-0.39, 0.29) is 5.56 Å². The zero-order valence-electron chi connectivity index (χ0n) is 13.5. The first-order valence-electron chi connectivity index (χ1n) is 8.02. The summed E-state index contributed by atoms with van der Waals surface area (Å²) in [5, 5.41) is 13.7. The zero-order chi connectivity index (χ0) is 16.4. The molecule has 0 unspecified atom stereocenters. The van der Waals surface area contributed by atoms with Gasteiger partial charge in [-0.1, -0.05) is 13.3 Å². The second kappa shape index (κ2) is 6.40. The number of pyridine rings is 1. The second-order valence-electron chi connectivity index (χ2n) is 5.93. The monoisotopic (exact) mass is 315 g/mol. The highest BCUT2D eigenvalue weighted by Gasteiger charge is 2.29. The number of unbranched alkanes of at least 4 members (excludes halogenated alkanes) is 1. The van der Waals surface area contributed by atoms with Gasteiger partial charge in [0, 0.05) is 5.69 Å². The first kappa shape index (κ1) is 15.5. The third-order valence-corrected chi connectivity index (χ3v) is 3.86. The van der Waals surface area contributed by atoms with E-state index in [4.69, 9.17) is 4.74 Å². The Bertz CT molecular complexity index is 720. The number of carboxylic acids is 1. The van der Waals surface area contributed by atoms with Crippen molar-refractivity contribution in [2.45, 2.75) is 45.6 Å². The van der Waals surface area contributed by atoms with Crippen LogP contribution in [0, 0.1) is 6.92 Å². The van der Waals surface area contributed by atoms with Crippen LogP contribution in [0.2, 0.25) is 0 Å². The van der Waals surface area contributed by atoms with E-state index in [9.17, 15) is 9.90 Å². The Hall–Kier alpha value is -2.37. The number of nitrogens with zero attached hydrogens (tertiary/aromatic N) is 3. The van der Waals surface area contributed by atoms with Gasteiger partial charge in [-0.25, -0.2) is 9.48 Å². The summed E-state index contributed by atoms with van der Waals surface area (Å²) in [6, 6.07) is 3.54. The molecule has 0 radical (unpaired) electrons. The molecule has 0 aliphatic heterocycles. The Morgan fingerprint density at radius 1 is 1.43 bits per heavy atom. The van der Waals surface area contributed by atoms with Crippen LogP contribution < -0.4 is 4.74 Å². The van der Waals surface area contributed by atoms with Crippen LogP contribution in [0.25, 0.3) is 11.3 Å². The van der Waals surface area contributed by atoms with Gasteiger partial charge in [0.05, 0.1) is 35.7 Å². The highest BCUT2D eigenvalue weighted by atomic mass is 16.5. The molecule has 0 bridgehead atoms. The van der Waals surface area contributed by atoms with Gasteiger partial charge in [-0.2, -0.15) is 5.10 Å². The topological polar surface area (TPSA) is 77.2 Å². The summed E-state index contributed by atoms with van der Waals surface area (Å²) >= 11 is 0. The maximum Gasteiger partial charge on any atom is 0.335 e. The number of carbonyl (C=O) groups is 1. The van der Waals surface area contributed by atoms with Gasteiger partial charge < -0.3 is 9.84 Å². The van der Waals surface area contributed by atoms with E-state index in [1.165, 1.54) is 0 Å². The lowest BCUT2D eigenvalue weighted by atomic mass is 10.1. The molecule has 0 amide bonds. The van der Waals surface area contributed by atoms with Crippen molar-refractivity contribution in [3.05, 3.63) is 29.6 Å². The van der Waals surface area contributed by atoms with Crippen molar-refractivity contribution in [1.82, 2.24) is 14.8 Å². The van der Waals surface area contributed by atoms with Crippen LogP contribution in [0.4, 0.5) is 0 Å². The number of aromatic carboxylic acids is 1. The van der Waals surface area contributed by atoms with Crippen LogP contribution in [-0.4, -0.2) is 32.4 Å². The average molecular weight is 315 g/mol. The molecular formula is C17H21N3O3. The third kappa shape index (κ3) is 3.36. The van der Waals surface area contributed by atoms with Crippen molar-refractivity contribution >= 4 is 5.97 Å². The summed E-state index contributed by atoms with van der Waals surface area (Å²) in [5.74, 6) is -0.254. The lowest BCUT2D eigenvalue weighted by Gasteiger charge is -2.11. The minimum absolute atomic E-state index is 0.228. The van der Waals surface area contributed by atoms with Gasteiger partial charge >= 0.3 is 5.97 Å². The fourth-order valence-electron chi connectivity index (χ4n) is 2.49. The van der Waals surface area contributed by atoms with Crippen LogP contribution in [-0.2, 0) is 0 Å². The molecule has 122 valence electrons. The van der Waals surface area contributed by atoms with Gasteiger partial charge in [-0.3, -0.25) is 4.98 Å². The molecule has 2 aromatic rings. The highest BCUT2D eigenvalue weighted by Crippen LogP contribution is 2.41. The van der Waals surface area contributed by atoms with Crippen molar-refractivity contribution in [1.29, 1.82) is 0 Å². The molecule has 1 saturated carbocycles. The minimum atomic E-state index is -0.959. The van der Waals surface area contributed by atoms with Crippen LogP contribution in [0.15, 0.2) is 18.3 Å². The van der Waals surface area contributed by atoms with Crippen molar-refractivity contribution in [3.8, 4) is 17.1 Å². The van der Waals surface area contributed by atoms with Crippen LogP contribution in [0.5, 0.6) is 5.88 Å². The van der Waals surface area contributed by atoms with Gasteiger partial charge in [-0.05, 0) is 38.3 Å². The summed E-state index contributed by atoms with van der Waals surface area (Å²) in [6.45, 7) is 4.53. The molecule has 1 fully saturated rings. The van der Waals surface area contributed by atoms with E-state index in [0.29, 0.717) is 29.9 Å². The summed E-state index contributed by atoms with van der Waals surface area (Å²) in [6.07, 6.45) is 5.96. The minimum Gasteiger partial charge on any atom is -0.478 e. The normalized spacial score (nSPS) is 14.0. The Morgan fingerprint density at radius 2 is 2.22 bits per heavy atom. The SMILES string of the molecule is CCCCOc1c(-c2cc(C(=O)O)cc(C)n2)cnn1C1CC1. The van der Waals surface area contributed by atoms with Crippen molar-refractivity contribution in [2.75, 3.05) is 6.61 Å².